The molecule has 0 radical (unpaired) electrons. The van der Waals surface area contributed by atoms with E-state index >= 15 is 0 Å². The van der Waals surface area contributed by atoms with Crippen LogP contribution in [0.5, 0.6) is 0 Å². The molecule has 0 aromatic heterocycles. The first-order valence-electron chi connectivity index (χ1n) is 6.73. The third kappa shape index (κ3) is 3.17. The molecule has 1 aromatic rings. The lowest BCUT2D eigenvalue weighted by Gasteiger charge is -2.32. The maximum absolute atomic E-state index is 12.5. The zero-order chi connectivity index (χ0) is 14.5. The minimum absolute atomic E-state index is 0.0949. The van der Waals surface area contributed by atoms with Gasteiger partial charge in [-0.15, -0.1) is 0 Å². The number of methoxy groups -OCH3 is 1. The van der Waals surface area contributed by atoms with Gasteiger partial charge in [0.2, 0.25) is 0 Å². The molecule has 1 N–H and O–H groups in total. The summed E-state index contributed by atoms with van der Waals surface area (Å²) in [5.74, 6) is -1.21. The molecule has 2 rings (SSSR count). The highest BCUT2D eigenvalue weighted by Gasteiger charge is 2.31. The lowest BCUT2D eigenvalue weighted by atomic mass is 9.96. The topological polar surface area (TPSA) is 66.8 Å². The number of aliphatic carboxylic acids is 1. The molecule has 0 aliphatic carbocycles. The number of carboxylic acid groups (broad SMARTS) is 1. The second kappa shape index (κ2) is 6.52. The smallest absolute Gasteiger partial charge is 0.306 e. The number of likely N-dealkylation sites (tertiary alicyclic amines) is 1. The van der Waals surface area contributed by atoms with Crippen LogP contribution in [0.25, 0.3) is 0 Å². The maximum Gasteiger partial charge on any atom is 0.306 e. The first kappa shape index (κ1) is 14.5. The van der Waals surface area contributed by atoms with Crippen molar-refractivity contribution in [3.63, 3.8) is 0 Å². The number of hydrogen-bond donors (Lipinski definition) is 1. The number of carbonyl (C=O) groups is 2. The molecule has 1 aromatic carbocycles. The predicted molar refractivity (Wildman–Crippen MR) is 73.1 cm³/mol. The standard InChI is InChI=1S/C15H19NO4/c1-20-13(11-5-3-2-4-6-11)14(17)16-9-7-12(8-10-16)15(18)19/h2-6,12-13H,7-10H2,1H3,(H,18,19)/t13-/m0/s1. The van der Waals surface area contributed by atoms with Gasteiger partial charge in [-0.25, -0.2) is 0 Å². The number of carboxylic acids is 1. The molecule has 1 saturated heterocycles. The van der Waals surface area contributed by atoms with E-state index < -0.39 is 12.1 Å². The Labute approximate surface area is 118 Å². The monoisotopic (exact) mass is 277 g/mol. The van der Waals surface area contributed by atoms with Crippen LogP contribution in [0.4, 0.5) is 0 Å². The van der Waals surface area contributed by atoms with Gasteiger partial charge in [0.15, 0.2) is 6.10 Å². The summed E-state index contributed by atoms with van der Waals surface area (Å²) in [4.78, 5) is 25.1. The summed E-state index contributed by atoms with van der Waals surface area (Å²) in [5, 5.41) is 8.97. The van der Waals surface area contributed by atoms with Crippen molar-refractivity contribution in [3.8, 4) is 0 Å². The number of carbonyl (C=O) groups excluding carboxylic acids is 1. The van der Waals surface area contributed by atoms with E-state index in [-0.39, 0.29) is 11.8 Å². The Hall–Kier alpha value is -1.88. The third-order valence-electron chi connectivity index (χ3n) is 3.72. The van der Waals surface area contributed by atoms with Gasteiger partial charge in [-0.3, -0.25) is 9.59 Å². The van der Waals surface area contributed by atoms with E-state index in [1.165, 1.54) is 7.11 Å². The van der Waals surface area contributed by atoms with Crippen molar-refractivity contribution in [2.75, 3.05) is 20.2 Å². The molecule has 0 spiro atoms. The number of piperidine rings is 1. The minimum Gasteiger partial charge on any atom is -0.481 e. The van der Waals surface area contributed by atoms with Gasteiger partial charge in [-0.2, -0.15) is 0 Å². The van der Waals surface area contributed by atoms with Crippen LogP contribution < -0.4 is 0 Å². The van der Waals surface area contributed by atoms with Crippen LogP contribution >= 0.6 is 0 Å². The molecular weight excluding hydrogens is 258 g/mol. The number of hydrogen-bond acceptors (Lipinski definition) is 3. The largest absolute Gasteiger partial charge is 0.481 e. The Bertz CT molecular complexity index is 466. The number of rotatable bonds is 4. The van der Waals surface area contributed by atoms with Crippen LogP contribution in [-0.2, 0) is 14.3 Å². The van der Waals surface area contributed by atoms with Crippen molar-refractivity contribution in [2.24, 2.45) is 5.92 Å². The number of nitrogens with zero attached hydrogens (tertiary/aromatic N) is 1. The summed E-state index contributed by atoms with van der Waals surface area (Å²) in [6, 6.07) is 9.34. The minimum atomic E-state index is -0.775. The van der Waals surface area contributed by atoms with Crippen molar-refractivity contribution in [2.45, 2.75) is 18.9 Å². The van der Waals surface area contributed by atoms with E-state index in [1.807, 2.05) is 30.3 Å². The molecule has 108 valence electrons. The predicted octanol–water partition coefficient (Wildman–Crippen LogP) is 1.70. The van der Waals surface area contributed by atoms with Gasteiger partial charge < -0.3 is 14.7 Å². The Kier molecular flexibility index (Phi) is 4.74. The Balaban J connectivity index is 2.02. The van der Waals surface area contributed by atoms with Gasteiger partial charge in [0.05, 0.1) is 5.92 Å². The molecular formula is C15H19NO4. The van der Waals surface area contributed by atoms with Gasteiger partial charge in [-0.05, 0) is 18.4 Å². The Morgan fingerprint density at radius 1 is 1.25 bits per heavy atom. The molecule has 5 nitrogen and oxygen atoms in total. The summed E-state index contributed by atoms with van der Waals surface area (Å²) in [7, 11) is 1.51. The van der Waals surface area contributed by atoms with E-state index in [0.717, 1.165) is 5.56 Å². The van der Waals surface area contributed by atoms with E-state index in [2.05, 4.69) is 0 Å². The summed E-state index contributed by atoms with van der Waals surface area (Å²) < 4.78 is 5.32. The summed E-state index contributed by atoms with van der Waals surface area (Å²) in [5.41, 5.74) is 0.820. The number of benzene rings is 1. The van der Waals surface area contributed by atoms with Crippen molar-refractivity contribution < 1.29 is 19.4 Å². The lowest BCUT2D eigenvalue weighted by molar-refractivity contribution is -0.149. The first-order chi connectivity index (χ1) is 9.63. The molecule has 1 heterocycles. The highest BCUT2D eigenvalue weighted by Crippen LogP contribution is 2.23. The number of amides is 1. The molecule has 0 unspecified atom stereocenters. The fraction of sp³-hybridized carbons (Fsp3) is 0.467. The molecule has 0 saturated carbocycles. The quantitative estimate of drug-likeness (QED) is 0.909. The molecule has 1 aliphatic rings. The van der Waals surface area contributed by atoms with Crippen molar-refractivity contribution in [1.29, 1.82) is 0 Å². The lowest BCUT2D eigenvalue weighted by Crippen LogP contribution is -2.42. The molecule has 0 bridgehead atoms. The zero-order valence-corrected chi connectivity index (χ0v) is 11.5. The SMILES string of the molecule is CO[C@H](C(=O)N1CCC(C(=O)O)CC1)c1ccccc1. The Morgan fingerprint density at radius 3 is 2.35 bits per heavy atom. The Morgan fingerprint density at radius 2 is 1.85 bits per heavy atom. The van der Waals surface area contributed by atoms with Crippen molar-refractivity contribution >= 4 is 11.9 Å². The van der Waals surface area contributed by atoms with Crippen molar-refractivity contribution in [1.82, 2.24) is 4.90 Å². The van der Waals surface area contributed by atoms with Crippen LogP contribution in [-0.4, -0.2) is 42.1 Å². The average molecular weight is 277 g/mol. The van der Waals surface area contributed by atoms with Gasteiger partial charge >= 0.3 is 5.97 Å². The first-order valence-corrected chi connectivity index (χ1v) is 6.73. The molecule has 20 heavy (non-hydrogen) atoms. The average Bonchev–Trinajstić information content (AvgIpc) is 2.49. The number of ether oxygens (including phenoxy) is 1. The summed E-state index contributed by atoms with van der Waals surface area (Å²) in [6.07, 6.45) is 0.399. The van der Waals surface area contributed by atoms with Crippen LogP contribution in [0.3, 0.4) is 0 Å². The fourth-order valence-corrected chi connectivity index (χ4v) is 2.52. The summed E-state index contributed by atoms with van der Waals surface area (Å²) >= 11 is 0. The van der Waals surface area contributed by atoms with Crippen LogP contribution in [0.1, 0.15) is 24.5 Å². The van der Waals surface area contributed by atoms with Gasteiger partial charge in [-0.1, -0.05) is 30.3 Å². The van der Waals surface area contributed by atoms with Gasteiger partial charge in [0.1, 0.15) is 0 Å². The highest BCUT2D eigenvalue weighted by molar-refractivity contribution is 5.82. The maximum atomic E-state index is 12.5. The molecule has 1 atom stereocenters. The van der Waals surface area contributed by atoms with E-state index in [1.54, 1.807) is 4.90 Å². The molecule has 5 heteroatoms. The van der Waals surface area contributed by atoms with Gasteiger partial charge in [0, 0.05) is 20.2 Å². The third-order valence-corrected chi connectivity index (χ3v) is 3.72. The highest BCUT2D eigenvalue weighted by atomic mass is 16.5. The molecule has 1 fully saturated rings. The van der Waals surface area contributed by atoms with Gasteiger partial charge in [0.25, 0.3) is 5.91 Å². The van der Waals surface area contributed by atoms with E-state index in [0.29, 0.717) is 25.9 Å². The zero-order valence-electron chi connectivity index (χ0n) is 11.5. The fourth-order valence-electron chi connectivity index (χ4n) is 2.52. The summed E-state index contributed by atoms with van der Waals surface area (Å²) in [6.45, 7) is 0.949. The van der Waals surface area contributed by atoms with Crippen LogP contribution in [0.2, 0.25) is 0 Å². The van der Waals surface area contributed by atoms with Crippen LogP contribution in [0.15, 0.2) is 30.3 Å². The van der Waals surface area contributed by atoms with Crippen LogP contribution in [0, 0.1) is 5.92 Å². The van der Waals surface area contributed by atoms with E-state index in [4.69, 9.17) is 9.84 Å². The normalized spacial score (nSPS) is 17.8. The molecule has 1 amide bonds. The molecule has 1 aliphatic heterocycles. The second-order valence-corrected chi connectivity index (χ2v) is 4.96. The second-order valence-electron chi connectivity index (χ2n) is 4.96. The van der Waals surface area contributed by atoms with Crippen molar-refractivity contribution in [3.05, 3.63) is 35.9 Å². The van der Waals surface area contributed by atoms with E-state index in [9.17, 15) is 9.59 Å².